The molecule has 1 aromatic carbocycles. The van der Waals surface area contributed by atoms with Gasteiger partial charge in [-0.05, 0) is 51.9 Å². The maximum atomic E-state index is 11.9. The van der Waals surface area contributed by atoms with Gasteiger partial charge in [0.15, 0.2) is 0 Å². The van der Waals surface area contributed by atoms with Crippen molar-refractivity contribution in [3.8, 4) is 0 Å². The molecule has 0 atom stereocenters. The van der Waals surface area contributed by atoms with E-state index in [1.807, 2.05) is 31.2 Å². The highest BCUT2D eigenvalue weighted by Crippen LogP contribution is 2.17. The molecule has 0 radical (unpaired) electrons. The lowest BCUT2D eigenvalue weighted by atomic mass is 9.91. The highest BCUT2D eigenvalue weighted by molar-refractivity contribution is 5.89. The van der Waals surface area contributed by atoms with Gasteiger partial charge in [0.2, 0.25) is 0 Å². The molecule has 0 aliphatic carbocycles. The maximum absolute atomic E-state index is 11.9. The fraction of sp³-hybridized carbons (Fsp3) is 0.500. The monoisotopic (exact) mass is 283 g/mol. The molecule has 3 N–H and O–H groups in total. The van der Waals surface area contributed by atoms with Crippen molar-refractivity contribution in [1.29, 1.82) is 0 Å². The van der Waals surface area contributed by atoms with Crippen LogP contribution in [0.3, 0.4) is 0 Å². The molecule has 1 aromatic rings. The molecular weight excluding hydrogens is 262 g/mol. The van der Waals surface area contributed by atoms with Crippen LogP contribution in [0.5, 0.6) is 0 Å². The van der Waals surface area contributed by atoms with Gasteiger partial charge in [-0.1, -0.05) is 17.7 Å². The van der Waals surface area contributed by atoms with Crippen LogP contribution >= 0.6 is 12.4 Å². The van der Waals surface area contributed by atoms with Crippen molar-refractivity contribution in [2.24, 2.45) is 0 Å². The number of halogens is 1. The van der Waals surface area contributed by atoms with Gasteiger partial charge < -0.3 is 16.0 Å². The Morgan fingerprint density at radius 2 is 1.79 bits per heavy atom. The third kappa shape index (κ3) is 4.73. The van der Waals surface area contributed by atoms with Crippen molar-refractivity contribution in [2.45, 2.75) is 32.2 Å². The Balaban J connectivity index is 0.00000180. The fourth-order valence-electron chi connectivity index (χ4n) is 2.18. The van der Waals surface area contributed by atoms with Crippen LogP contribution in [-0.2, 0) is 0 Å². The highest BCUT2D eigenvalue weighted by Gasteiger charge is 2.28. The van der Waals surface area contributed by atoms with Crippen molar-refractivity contribution in [1.82, 2.24) is 10.6 Å². The van der Waals surface area contributed by atoms with Gasteiger partial charge in [0, 0.05) is 11.2 Å². The molecule has 19 heavy (non-hydrogen) atoms. The lowest BCUT2D eigenvalue weighted by Crippen LogP contribution is -2.53. The molecule has 0 aromatic heterocycles. The zero-order chi connectivity index (χ0) is 13.0. The van der Waals surface area contributed by atoms with E-state index in [0.717, 1.165) is 31.6 Å². The van der Waals surface area contributed by atoms with Crippen molar-refractivity contribution in [3.63, 3.8) is 0 Å². The molecule has 0 unspecified atom stereocenters. The minimum absolute atomic E-state index is 0. The summed E-state index contributed by atoms with van der Waals surface area (Å²) in [5.74, 6) is 0. The average molecular weight is 284 g/mol. The Morgan fingerprint density at radius 1 is 1.21 bits per heavy atom. The lowest BCUT2D eigenvalue weighted by Gasteiger charge is -2.34. The summed E-state index contributed by atoms with van der Waals surface area (Å²) in [6.45, 7) is 6.05. The summed E-state index contributed by atoms with van der Waals surface area (Å²) in [4.78, 5) is 11.9. The number of anilines is 1. The van der Waals surface area contributed by atoms with Gasteiger partial charge in [0.05, 0.1) is 0 Å². The molecule has 1 aliphatic heterocycles. The number of benzene rings is 1. The van der Waals surface area contributed by atoms with Gasteiger partial charge in [-0.3, -0.25) is 0 Å². The van der Waals surface area contributed by atoms with Crippen molar-refractivity contribution in [3.05, 3.63) is 29.8 Å². The van der Waals surface area contributed by atoms with Gasteiger partial charge >= 0.3 is 6.03 Å². The van der Waals surface area contributed by atoms with Gasteiger partial charge in [-0.15, -0.1) is 12.4 Å². The van der Waals surface area contributed by atoms with Crippen molar-refractivity contribution < 1.29 is 4.79 Å². The first-order valence-electron chi connectivity index (χ1n) is 6.44. The number of urea groups is 1. The molecule has 0 saturated carbocycles. The molecule has 1 fully saturated rings. The van der Waals surface area contributed by atoms with Crippen molar-refractivity contribution in [2.75, 3.05) is 18.4 Å². The van der Waals surface area contributed by atoms with Crippen LogP contribution < -0.4 is 16.0 Å². The highest BCUT2D eigenvalue weighted by atomic mass is 35.5. The Labute approximate surface area is 120 Å². The van der Waals surface area contributed by atoms with Crippen LogP contribution in [0, 0.1) is 6.92 Å². The predicted molar refractivity (Wildman–Crippen MR) is 81.1 cm³/mol. The zero-order valence-corrected chi connectivity index (χ0v) is 12.3. The van der Waals surface area contributed by atoms with E-state index in [4.69, 9.17) is 0 Å². The predicted octanol–water partition coefficient (Wildman–Crippen LogP) is 2.68. The van der Waals surface area contributed by atoms with Crippen LogP contribution in [-0.4, -0.2) is 24.7 Å². The first kappa shape index (κ1) is 15.8. The first-order chi connectivity index (χ1) is 8.57. The molecule has 0 bridgehead atoms. The maximum Gasteiger partial charge on any atom is 0.319 e. The number of hydrogen-bond donors (Lipinski definition) is 3. The largest absolute Gasteiger partial charge is 0.333 e. The summed E-state index contributed by atoms with van der Waals surface area (Å²) in [6.07, 6.45) is 1.93. The quantitative estimate of drug-likeness (QED) is 0.782. The smallest absolute Gasteiger partial charge is 0.319 e. The molecule has 2 rings (SSSR count). The van der Waals surface area contributed by atoms with E-state index in [9.17, 15) is 4.79 Å². The van der Waals surface area contributed by atoms with Gasteiger partial charge in [0.25, 0.3) is 0 Å². The summed E-state index contributed by atoms with van der Waals surface area (Å²) < 4.78 is 0. The van der Waals surface area contributed by atoms with E-state index in [-0.39, 0.29) is 24.0 Å². The minimum atomic E-state index is -0.122. The van der Waals surface area contributed by atoms with E-state index in [1.165, 1.54) is 5.56 Å². The van der Waals surface area contributed by atoms with Crippen LogP contribution in [0.15, 0.2) is 24.3 Å². The normalized spacial score (nSPS) is 17.2. The number of hydrogen-bond acceptors (Lipinski definition) is 2. The fourth-order valence-corrected chi connectivity index (χ4v) is 2.18. The summed E-state index contributed by atoms with van der Waals surface area (Å²) in [5, 5.41) is 9.24. The molecule has 0 spiro atoms. The number of carbonyl (C=O) groups excluding carboxylic acids is 1. The van der Waals surface area contributed by atoms with E-state index >= 15 is 0 Å². The Hall–Kier alpha value is -1.26. The SMILES string of the molecule is Cc1ccc(NC(=O)NC2(C)CCNCC2)cc1.Cl. The summed E-state index contributed by atoms with van der Waals surface area (Å²) in [7, 11) is 0. The van der Waals surface area contributed by atoms with Crippen molar-refractivity contribution >= 4 is 24.1 Å². The first-order valence-corrected chi connectivity index (χ1v) is 6.44. The van der Waals surface area contributed by atoms with Gasteiger partial charge in [0.1, 0.15) is 0 Å². The van der Waals surface area contributed by atoms with E-state index in [1.54, 1.807) is 0 Å². The lowest BCUT2D eigenvalue weighted by molar-refractivity contribution is 0.225. The molecule has 1 aliphatic rings. The number of carbonyl (C=O) groups is 1. The molecular formula is C14H22ClN3O. The number of piperidine rings is 1. The Morgan fingerprint density at radius 3 is 2.37 bits per heavy atom. The summed E-state index contributed by atoms with van der Waals surface area (Å²) in [6, 6.07) is 7.69. The van der Waals surface area contributed by atoms with E-state index in [0.29, 0.717) is 0 Å². The third-order valence-electron chi connectivity index (χ3n) is 3.43. The second-order valence-corrected chi connectivity index (χ2v) is 5.26. The number of amides is 2. The Kier molecular flexibility index (Phi) is 5.63. The number of rotatable bonds is 2. The van der Waals surface area contributed by atoms with E-state index in [2.05, 4.69) is 22.9 Å². The van der Waals surface area contributed by atoms with Gasteiger partial charge in [-0.2, -0.15) is 0 Å². The molecule has 1 heterocycles. The topological polar surface area (TPSA) is 53.2 Å². The van der Waals surface area contributed by atoms with Crippen LogP contribution in [0.1, 0.15) is 25.3 Å². The van der Waals surface area contributed by atoms with Crippen LogP contribution in [0.25, 0.3) is 0 Å². The third-order valence-corrected chi connectivity index (χ3v) is 3.43. The molecule has 2 amide bonds. The molecule has 106 valence electrons. The number of nitrogens with one attached hydrogen (secondary N) is 3. The summed E-state index contributed by atoms with van der Waals surface area (Å²) in [5.41, 5.74) is 1.92. The second kappa shape index (κ2) is 6.78. The van der Waals surface area contributed by atoms with Gasteiger partial charge in [-0.25, -0.2) is 4.79 Å². The minimum Gasteiger partial charge on any atom is -0.333 e. The van der Waals surface area contributed by atoms with E-state index < -0.39 is 0 Å². The standard InChI is InChI=1S/C14H21N3O.ClH/c1-11-3-5-12(6-4-11)16-13(18)17-14(2)7-9-15-10-8-14;/h3-6,15H,7-10H2,1-2H3,(H2,16,17,18);1H. The second-order valence-electron chi connectivity index (χ2n) is 5.26. The number of aryl methyl sites for hydroxylation is 1. The molecule has 5 heteroatoms. The molecule has 1 saturated heterocycles. The summed E-state index contributed by atoms with van der Waals surface area (Å²) >= 11 is 0. The average Bonchev–Trinajstić information content (AvgIpc) is 2.32. The van der Waals surface area contributed by atoms with Crippen LogP contribution in [0.2, 0.25) is 0 Å². The van der Waals surface area contributed by atoms with Crippen LogP contribution in [0.4, 0.5) is 10.5 Å². The molecule has 4 nitrogen and oxygen atoms in total. The zero-order valence-electron chi connectivity index (χ0n) is 11.5. The Bertz CT molecular complexity index is 413.